The minimum absolute atomic E-state index is 0.0964. The predicted octanol–water partition coefficient (Wildman–Crippen LogP) is 8.30. The van der Waals surface area contributed by atoms with Gasteiger partial charge in [-0.3, -0.25) is 4.79 Å². The van der Waals surface area contributed by atoms with E-state index < -0.39 is 11.4 Å². The van der Waals surface area contributed by atoms with Crippen molar-refractivity contribution < 1.29 is 14.6 Å². The van der Waals surface area contributed by atoms with Gasteiger partial charge in [-0.15, -0.1) is 6.58 Å². The van der Waals surface area contributed by atoms with Gasteiger partial charge in [0.2, 0.25) is 0 Å². The van der Waals surface area contributed by atoms with Gasteiger partial charge in [0.25, 0.3) is 0 Å². The summed E-state index contributed by atoms with van der Waals surface area (Å²) in [5, 5.41) is 10.6. The summed E-state index contributed by atoms with van der Waals surface area (Å²) in [5.41, 5.74) is 1.75. The summed E-state index contributed by atoms with van der Waals surface area (Å²) in [7, 11) is 0. The van der Waals surface area contributed by atoms with E-state index in [1.807, 2.05) is 6.08 Å². The Hall–Kier alpha value is -1.09. The summed E-state index contributed by atoms with van der Waals surface area (Å²) in [6.07, 6.45) is 14.6. The van der Waals surface area contributed by atoms with Crippen LogP contribution in [0.5, 0.6) is 0 Å². The minimum atomic E-state index is -0.551. The summed E-state index contributed by atoms with van der Waals surface area (Å²) >= 11 is 0. The highest BCUT2D eigenvalue weighted by Gasteiger charge is 2.69. The van der Waals surface area contributed by atoms with Crippen molar-refractivity contribution in [3.63, 3.8) is 0 Å². The molecule has 10 atom stereocenters. The lowest BCUT2D eigenvalue weighted by atomic mass is 9.33. The Bertz CT molecular complexity index is 949. The van der Waals surface area contributed by atoms with Gasteiger partial charge < -0.3 is 9.84 Å². The summed E-state index contributed by atoms with van der Waals surface area (Å²) in [6.45, 7) is 22.0. The number of carboxylic acids is 1. The van der Waals surface area contributed by atoms with Gasteiger partial charge in [-0.25, -0.2) is 0 Å². The standard InChI is InChI=1S/C33H52O3/c1-9-20-36-26-14-15-30(6)24(29(26,4)5)13-16-32(8)25(30)11-10-23-27-22(3)21(2)12-17-33(27,28(34)35)19-18-31(23,32)7/h9-10,21-22,24-27H,1,11-20H2,2-8H3,(H,34,35)/t21-,22+,24+,25-,26?,27+,30+,31-,32-,33+/m1/s1. The topological polar surface area (TPSA) is 46.5 Å². The zero-order chi connectivity index (χ0) is 26.3. The molecule has 36 heavy (non-hydrogen) atoms. The van der Waals surface area contributed by atoms with Crippen LogP contribution in [-0.2, 0) is 9.53 Å². The van der Waals surface area contributed by atoms with Crippen molar-refractivity contribution in [2.24, 2.45) is 56.7 Å². The molecular weight excluding hydrogens is 444 g/mol. The van der Waals surface area contributed by atoms with Crippen molar-refractivity contribution >= 4 is 5.97 Å². The first-order chi connectivity index (χ1) is 16.8. The van der Waals surface area contributed by atoms with Crippen molar-refractivity contribution in [1.29, 1.82) is 0 Å². The number of rotatable bonds is 4. The van der Waals surface area contributed by atoms with Crippen LogP contribution in [0.2, 0.25) is 0 Å². The van der Waals surface area contributed by atoms with E-state index in [9.17, 15) is 9.90 Å². The van der Waals surface area contributed by atoms with Crippen LogP contribution < -0.4 is 0 Å². The van der Waals surface area contributed by atoms with Crippen molar-refractivity contribution in [3.05, 3.63) is 24.3 Å². The van der Waals surface area contributed by atoms with Gasteiger partial charge in [0, 0.05) is 0 Å². The predicted molar refractivity (Wildman–Crippen MR) is 147 cm³/mol. The van der Waals surface area contributed by atoms with Gasteiger partial charge in [-0.1, -0.05) is 66.2 Å². The first-order valence-corrected chi connectivity index (χ1v) is 15.0. The molecule has 0 aromatic rings. The van der Waals surface area contributed by atoms with Crippen LogP contribution in [-0.4, -0.2) is 23.8 Å². The Morgan fingerprint density at radius 1 is 1.03 bits per heavy atom. The first kappa shape index (κ1) is 26.5. The molecule has 4 fully saturated rings. The van der Waals surface area contributed by atoms with Gasteiger partial charge in [0.1, 0.15) is 0 Å². The number of allylic oxidation sites excluding steroid dienone is 2. The number of carbonyl (C=O) groups is 1. The van der Waals surface area contributed by atoms with Crippen molar-refractivity contribution in [3.8, 4) is 0 Å². The van der Waals surface area contributed by atoms with E-state index in [0.29, 0.717) is 41.8 Å². The molecule has 0 aromatic heterocycles. The third-order valence-corrected chi connectivity index (χ3v) is 13.8. The Morgan fingerprint density at radius 3 is 2.42 bits per heavy atom. The second-order valence-electron chi connectivity index (χ2n) is 15.1. The number of hydrogen-bond donors (Lipinski definition) is 1. The Kier molecular flexibility index (Phi) is 6.23. The Balaban J connectivity index is 1.55. The molecule has 0 bridgehead atoms. The molecule has 5 aliphatic rings. The molecule has 0 radical (unpaired) electrons. The minimum Gasteiger partial charge on any atom is -0.481 e. The molecule has 0 amide bonds. The third-order valence-electron chi connectivity index (χ3n) is 13.8. The summed E-state index contributed by atoms with van der Waals surface area (Å²) in [4.78, 5) is 12.9. The fraction of sp³-hybridized carbons (Fsp3) is 0.848. The van der Waals surface area contributed by atoms with Crippen LogP contribution in [0.3, 0.4) is 0 Å². The van der Waals surface area contributed by atoms with Gasteiger partial charge in [0.05, 0.1) is 18.1 Å². The van der Waals surface area contributed by atoms with Crippen molar-refractivity contribution in [2.45, 2.75) is 112 Å². The van der Waals surface area contributed by atoms with Crippen LogP contribution in [0.15, 0.2) is 24.3 Å². The monoisotopic (exact) mass is 496 g/mol. The lowest BCUT2D eigenvalue weighted by Gasteiger charge is -2.71. The average Bonchev–Trinajstić information content (AvgIpc) is 2.81. The molecule has 0 spiro atoms. The first-order valence-electron chi connectivity index (χ1n) is 15.0. The Morgan fingerprint density at radius 2 is 1.75 bits per heavy atom. The molecule has 5 rings (SSSR count). The van der Waals surface area contributed by atoms with Crippen LogP contribution in [0.25, 0.3) is 0 Å². The fourth-order valence-corrected chi connectivity index (χ4v) is 11.3. The average molecular weight is 497 g/mol. The lowest BCUT2D eigenvalue weighted by molar-refractivity contribution is -0.212. The quantitative estimate of drug-likeness (QED) is 0.398. The molecule has 3 nitrogen and oxygen atoms in total. The second-order valence-corrected chi connectivity index (χ2v) is 15.1. The fourth-order valence-electron chi connectivity index (χ4n) is 11.3. The highest BCUT2D eigenvalue weighted by Crippen LogP contribution is 2.75. The molecule has 3 heteroatoms. The van der Waals surface area contributed by atoms with E-state index in [1.54, 1.807) is 5.57 Å². The molecule has 1 N–H and O–H groups in total. The van der Waals surface area contributed by atoms with E-state index in [4.69, 9.17) is 4.74 Å². The largest absolute Gasteiger partial charge is 0.481 e. The maximum atomic E-state index is 12.9. The van der Waals surface area contributed by atoms with E-state index in [2.05, 4.69) is 61.1 Å². The van der Waals surface area contributed by atoms with Crippen LogP contribution in [0, 0.1) is 56.7 Å². The summed E-state index contributed by atoms with van der Waals surface area (Å²) in [5.74, 6) is 1.99. The molecule has 0 saturated heterocycles. The Labute approximate surface area is 220 Å². The number of ether oxygens (including phenoxy) is 1. The molecule has 0 aliphatic heterocycles. The van der Waals surface area contributed by atoms with E-state index >= 15 is 0 Å². The maximum Gasteiger partial charge on any atom is 0.310 e. The molecule has 5 aliphatic carbocycles. The number of carboxylic acid groups (broad SMARTS) is 1. The summed E-state index contributed by atoms with van der Waals surface area (Å²) in [6, 6.07) is 0. The van der Waals surface area contributed by atoms with E-state index in [1.165, 1.54) is 19.3 Å². The molecule has 0 heterocycles. The number of aliphatic carboxylic acids is 1. The molecule has 0 aromatic carbocycles. The molecule has 202 valence electrons. The highest BCUT2D eigenvalue weighted by molar-refractivity contribution is 5.76. The normalized spacial score (nSPS) is 51.6. The molecular formula is C33H52O3. The van der Waals surface area contributed by atoms with Gasteiger partial charge in [-0.05, 0) is 109 Å². The molecule has 1 unspecified atom stereocenters. The maximum absolute atomic E-state index is 12.9. The van der Waals surface area contributed by atoms with Crippen LogP contribution in [0.1, 0.15) is 106 Å². The van der Waals surface area contributed by atoms with Gasteiger partial charge in [0.15, 0.2) is 0 Å². The number of hydrogen-bond acceptors (Lipinski definition) is 2. The van der Waals surface area contributed by atoms with Gasteiger partial charge in [-0.2, -0.15) is 0 Å². The zero-order valence-electron chi connectivity index (χ0n) is 24.2. The summed E-state index contributed by atoms with van der Waals surface area (Å²) < 4.78 is 6.34. The van der Waals surface area contributed by atoms with Crippen LogP contribution in [0.4, 0.5) is 0 Å². The third kappa shape index (κ3) is 3.23. The van der Waals surface area contributed by atoms with Gasteiger partial charge >= 0.3 is 5.97 Å². The zero-order valence-corrected chi connectivity index (χ0v) is 24.2. The van der Waals surface area contributed by atoms with E-state index in [0.717, 1.165) is 38.5 Å². The SMILES string of the molecule is C=CCOC1CC[C@]2(C)[C@H]3CC=C4[C@@H]5[C@@H](C)[C@H](C)CC[C@]5(C(=O)O)CC[C@@]4(C)[C@]3(C)CC[C@H]2C1(C)C. The lowest BCUT2D eigenvalue weighted by Crippen LogP contribution is -2.65. The van der Waals surface area contributed by atoms with Crippen LogP contribution >= 0.6 is 0 Å². The van der Waals surface area contributed by atoms with E-state index in [-0.39, 0.29) is 22.2 Å². The smallest absolute Gasteiger partial charge is 0.310 e. The highest BCUT2D eigenvalue weighted by atomic mass is 16.5. The van der Waals surface area contributed by atoms with Crippen molar-refractivity contribution in [2.75, 3.05) is 6.61 Å². The van der Waals surface area contributed by atoms with Crippen molar-refractivity contribution in [1.82, 2.24) is 0 Å². The number of fused-ring (bicyclic) bond motifs is 7. The second kappa shape index (κ2) is 8.45. The molecule has 4 saturated carbocycles.